The van der Waals surface area contributed by atoms with Gasteiger partial charge in [-0.2, -0.15) is 34.8 Å². The summed E-state index contributed by atoms with van der Waals surface area (Å²) in [7, 11) is -4.87. The first-order valence-electron chi connectivity index (χ1n) is 7.38. The van der Waals surface area contributed by atoms with Crippen molar-refractivity contribution in [2.24, 2.45) is 5.10 Å². The van der Waals surface area contributed by atoms with Crippen LogP contribution in [0.3, 0.4) is 0 Å². The molecule has 0 aliphatic carbocycles. The summed E-state index contributed by atoms with van der Waals surface area (Å²) in [5, 5.41) is 2.79. The summed E-state index contributed by atoms with van der Waals surface area (Å²) < 4.78 is 105. The zero-order chi connectivity index (χ0) is 21.2. The fourth-order valence-corrected chi connectivity index (χ4v) is 2.77. The van der Waals surface area contributed by atoms with Crippen molar-refractivity contribution in [2.75, 3.05) is 5.43 Å². The first kappa shape index (κ1) is 21.5. The predicted octanol–water partition coefficient (Wildman–Crippen LogP) is 4.71. The summed E-state index contributed by atoms with van der Waals surface area (Å²) >= 11 is 0. The molecule has 0 unspecified atom stereocenters. The molecule has 28 heavy (non-hydrogen) atoms. The number of alkyl halides is 6. The third-order valence-electron chi connectivity index (χ3n) is 3.22. The number of aryl methyl sites for hydroxylation is 1. The lowest BCUT2D eigenvalue weighted by Gasteiger charge is -2.13. The molecule has 152 valence electrons. The highest BCUT2D eigenvalue weighted by atomic mass is 32.2. The molecule has 0 atom stereocenters. The number of halogens is 6. The van der Waals surface area contributed by atoms with Gasteiger partial charge in [-0.15, -0.1) is 5.10 Å². The lowest BCUT2D eigenvalue weighted by molar-refractivity contribution is -0.137. The van der Waals surface area contributed by atoms with Gasteiger partial charge in [0.1, 0.15) is 4.90 Å². The second-order valence-corrected chi connectivity index (χ2v) is 7.00. The third-order valence-corrected chi connectivity index (χ3v) is 4.44. The summed E-state index contributed by atoms with van der Waals surface area (Å²) in [6.45, 7) is 1.64. The van der Waals surface area contributed by atoms with Crippen LogP contribution in [0.1, 0.15) is 11.1 Å². The summed E-state index contributed by atoms with van der Waals surface area (Å²) in [5.74, 6) is -2.19. The van der Waals surface area contributed by atoms with Gasteiger partial charge in [0.15, 0.2) is 0 Å². The molecule has 1 N–H and O–H groups in total. The molecule has 0 fully saturated rings. The molecule has 0 bridgehead atoms. The van der Waals surface area contributed by atoms with Crippen molar-refractivity contribution >= 4 is 21.7 Å². The van der Waals surface area contributed by atoms with Gasteiger partial charge in [-0.3, -0.25) is 5.43 Å². The molecule has 0 spiro atoms. The highest BCUT2D eigenvalue weighted by Gasteiger charge is 2.42. The van der Waals surface area contributed by atoms with Gasteiger partial charge < -0.3 is 4.18 Å². The van der Waals surface area contributed by atoms with Gasteiger partial charge in [-0.25, -0.2) is 0 Å². The molecule has 2 aromatic carbocycles. The average Bonchev–Trinajstić information content (AvgIpc) is 2.57. The maximum atomic E-state index is 13.1. The molecule has 0 aromatic heterocycles. The normalized spacial score (nSPS) is 13.3. The van der Waals surface area contributed by atoms with Gasteiger partial charge >= 0.3 is 28.4 Å². The maximum Gasteiger partial charge on any atom is 0.471 e. The number of rotatable bonds is 4. The van der Waals surface area contributed by atoms with Crippen LogP contribution in [-0.4, -0.2) is 20.5 Å². The van der Waals surface area contributed by atoms with E-state index in [1.54, 1.807) is 12.3 Å². The van der Waals surface area contributed by atoms with E-state index in [1.807, 2.05) is 0 Å². The largest absolute Gasteiger partial charge is 0.471 e. The maximum absolute atomic E-state index is 13.1. The Labute approximate surface area is 155 Å². The van der Waals surface area contributed by atoms with Gasteiger partial charge in [-0.1, -0.05) is 23.8 Å². The van der Waals surface area contributed by atoms with E-state index in [-0.39, 0.29) is 0 Å². The number of hydrogen-bond acceptors (Lipinski definition) is 5. The molecular formula is C16H12F6N2O3S. The summed E-state index contributed by atoms with van der Waals surface area (Å²) in [6.07, 6.45) is -10.0. The van der Waals surface area contributed by atoms with Crippen LogP contribution in [0, 0.1) is 6.92 Å². The molecule has 5 nitrogen and oxygen atoms in total. The van der Waals surface area contributed by atoms with Crippen LogP contribution in [-0.2, 0) is 20.5 Å². The topological polar surface area (TPSA) is 67.8 Å². The SMILES string of the molecule is Cc1ccc(S(=O)(=O)O/C(=N/Nc2cccc(C(F)(F)F)c2)C(F)(F)F)cc1. The molecule has 2 aromatic rings. The minimum Gasteiger partial charge on any atom is -0.351 e. The number of hydrogen-bond donors (Lipinski definition) is 1. The first-order chi connectivity index (χ1) is 12.8. The zero-order valence-corrected chi connectivity index (χ0v) is 14.8. The Morgan fingerprint density at radius 1 is 1.00 bits per heavy atom. The number of benzene rings is 2. The molecule has 0 aliphatic heterocycles. The standard InChI is InChI=1S/C16H12F6N2O3S/c1-10-5-7-13(8-6-10)28(25,26)27-14(16(20,21)22)24-23-12-4-2-3-11(9-12)15(17,18)19/h2-9,23H,1H3/b24-14+. The summed E-state index contributed by atoms with van der Waals surface area (Å²) in [5.41, 5.74) is 0.806. The second kappa shape index (κ2) is 7.70. The zero-order valence-electron chi connectivity index (χ0n) is 14.0. The van der Waals surface area contributed by atoms with Crippen LogP contribution in [0.4, 0.5) is 32.0 Å². The van der Waals surface area contributed by atoms with Crippen LogP contribution in [0.15, 0.2) is 58.5 Å². The Kier molecular flexibility index (Phi) is 5.92. The van der Waals surface area contributed by atoms with Gasteiger partial charge in [0.25, 0.3) is 0 Å². The predicted molar refractivity (Wildman–Crippen MR) is 88.0 cm³/mol. The van der Waals surface area contributed by atoms with Crippen molar-refractivity contribution in [1.29, 1.82) is 0 Å². The van der Waals surface area contributed by atoms with Crippen LogP contribution >= 0.6 is 0 Å². The number of anilines is 1. The minimum absolute atomic E-state index is 0.451. The highest BCUT2D eigenvalue weighted by molar-refractivity contribution is 7.87. The van der Waals surface area contributed by atoms with E-state index in [9.17, 15) is 34.8 Å². The lowest BCUT2D eigenvalue weighted by atomic mass is 10.2. The van der Waals surface area contributed by atoms with E-state index in [1.165, 1.54) is 12.1 Å². The third kappa shape index (κ3) is 5.62. The fourth-order valence-electron chi connectivity index (χ4n) is 1.87. The van der Waals surface area contributed by atoms with E-state index in [0.29, 0.717) is 17.7 Å². The number of nitrogens with one attached hydrogen (secondary N) is 1. The molecule has 0 aliphatic rings. The number of hydrazone groups is 1. The van der Waals surface area contributed by atoms with Crippen molar-refractivity contribution in [3.63, 3.8) is 0 Å². The van der Waals surface area contributed by atoms with Crippen molar-refractivity contribution < 1.29 is 38.9 Å². The van der Waals surface area contributed by atoms with Crippen molar-refractivity contribution in [1.82, 2.24) is 0 Å². The molecule has 0 heterocycles. The van der Waals surface area contributed by atoms with E-state index in [0.717, 1.165) is 24.3 Å². The number of nitrogens with zero attached hydrogens (tertiary/aromatic N) is 1. The Bertz CT molecular complexity index is 967. The average molecular weight is 426 g/mol. The summed E-state index contributed by atoms with van der Waals surface area (Å²) in [6, 6.07) is 7.95. The van der Waals surface area contributed by atoms with Gasteiger partial charge in [0.05, 0.1) is 11.3 Å². The lowest BCUT2D eigenvalue weighted by Crippen LogP contribution is -2.29. The molecule has 0 saturated carbocycles. The second-order valence-electron chi connectivity index (χ2n) is 5.46. The van der Waals surface area contributed by atoms with E-state index in [4.69, 9.17) is 0 Å². The van der Waals surface area contributed by atoms with E-state index < -0.39 is 44.5 Å². The van der Waals surface area contributed by atoms with E-state index >= 15 is 0 Å². The smallest absolute Gasteiger partial charge is 0.351 e. The van der Waals surface area contributed by atoms with Crippen molar-refractivity contribution in [3.8, 4) is 0 Å². The Balaban J connectivity index is 2.31. The van der Waals surface area contributed by atoms with Crippen LogP contribution in [0.5, 0.6) is 0 Å². The van der Waals surface area contributed by atoms with Crippen molar-refractivity contribution in [2.45, 2.75) is 24.2 Å². The first-order valence-corrected chi connectivity index (χ1v) is 8.79. The Morgan fingerprint density at radius 3 is 2.14 bits per heavy atom. The van der Waals surface area contributed by atoms with Gasteiger partial charge in [0, 0.05) is 0 Å². The Hall–Kier alpha value is -2.76. The van der Waals surface area contributed by atoms with Gasteiger partial charge in [-0.05, 0) is 37.3 Å². The molecule has 12 heteroatoms. The van der Waals surface area contributed by atoms with Crippen molar-refractivity contribution in [3.05, 3.63) is 59.7 Å². The highest BCUT2D eigenvalue weighted by Crippen LogP contribution is 2.31. The fraction of sp³-hybridized carbons (Fsp3) is 0.188. The Morgan fingerprint density at radius 2 is 1.61 bits per heavy atom. The quantitative estimate of drug-likeness (QED) is 0.253. The van der Waals surface area contributed by atoms with E-state index in [2.05, 4.69) is 9.28 Å². The summed E-state index contributed by atoms with van der Waals surface area (Å²) in [4.78, 5) is -0.547. The molecular weight excluding hydrogens is 414 g/mol. The molecule has 0 radical (unpaired) electrons. The van der Waals surface area contributed by atoms with Crippen LogP contribution in [0.25, 0.3) is 0 Å². The molecule has 2 rings (SSSR count). The monoisotopic (exact) mass is 426 g/mol. The van der Waals surface area contributed by atoms with Crippen LogP contribution in [0.2, 0.25) is 0 Å². The van der Waals surface area contributed by atoms with Crippen LogP contribution < -0.4 is 5.43 Å². The van der Waals surface area contributed by atoms with Gasteiger partial charge in [0.2, 0.25) is 0 Å². The molecule has 0 amide bonds. The molecule has 0 saturated heterocycles. The minimum atomic E-state index is -5.33.